The summed E-state index contributed by atoms with van der Waals surface area (Å²) in [5, 5.41) is 16.7. The van der Waals surface area contributed by atoms with Gasteiger partial charge in [0.2, 0.25) is 10.9 Å². The highest BCUT2D eigenvalue weighted by Gasteiger charge is 2.16. The van der Waals surface area contributed by atoms with Crippen LogP contribution in [0.2, 0.25) is 0 Å². The van der Waals surface area contributed by atoms with E-state index in [1.54, 1.807) is 0 Å². The third kappa shape index (κ3) is 5.53. The van der Waals surface area contributed by atoms with Gasteiger partial charge >= 0.3 is 0 Å². The lowest BCUT2D eigenvalue weighted by Crippen LogP contribution is -2.25. The van der Waals surface area contributed by atoms with E-state index >= 15 is 0 Å². The molecule has 0 saturated carbocycles. The minimum Gasteiger partial charge on any atom is -0.410 e. The van der Waals surface area contributed by atoms with Gasteiger partial charge in [0.1, 0.15) is 0 Å². The highest BCUT2D eigenvalue weighted by Crippen LogP contribution is 2.18. The van der Waals surface area contributed by atoms with Crippen LogP contribution in [0.5, 0.6) is 0 Å². The van der Waals surface area contributed by atoms with Crippen LogP contribution in [-0.4, -0.2) is 50.7 Å². The summed E-state index contributed by atoms with van der Waals surface area (Å²) in [5.41, 5.74) is 0.864. The molecule has 1 aromatic carbocycles. The number of halogens is 1. The molecule has 1 heterocycles. The summed E-state index contributed by atoms with van der Waals surface area (Å²) >= 11 is 1.40. The van der Waals surface area contributed by atoms with Gasteiger partial charge in [-0.15, -0.1) is 12.4 Å². The average Bonchev–Trinajstić information content (AvgIpc) is 3.06. The first-order valence-electron chi connectivity index (χ1n) is 7.25. The highest BCUT2D eigenvalue weighted by atomic mass is 35.5. The summed E-state index contributed by atoms with van der Waals surface area (Å²) in [6.07, 6.45) is 0. The molecule has 8 heteroatoms. The van der Waals surface area contributed by atoms with Gasteiger partial charge in [0.15, 0.2) is 0 Å². The molecule has 0 spiro atoms. The van der Waals surface area contributed by atoms with Gasteiger partial charge < -0.3 is 14.6 Å². The van der Waals surface area contributed by atoms with E-state index in [0.29, 0.717) is 10.9 Å². The summed E-state index contributed by atoms with van der Waals surface area (Å²) in [4.78, 5) is 6.58. The van der Waals surface area contributed by atoms with Crippen molar-refractivity contribution in [1.82, 2.24) is 15.0 Å². The quantitative estimate of drug-likeness (QED) is 0.355. The number of oxime groups is 1. The van der Waals surface area contributed by atoms with Gasteiger partial charge in [-0.2, -0.15) is 4.98 Å². The zero-order valence-corrected chi connectivity index (χ0v) is 14.8. The van der Waals surface area contributed by atoms with Crippen LogP contribution in [0.4, 0.5) is 0 Å². The predicted octanol–water partition coefficient (Wildman–Crippen LogP) is 3.37. The van der Waals surface area contributed by atoms with Gasteiger partial charge in [0.05, 0.1) is 0 Å². The predicted molar refractivity (Wildman–Crippen MR) is 95.6 cm³/mol. The molecule has 0 atom stereocenters. The molecule has 0 amide bonds. The first-order valence-corrected chi connectivity index (χ1v) is 8.23. The molecule has 2 rings (SSSR count). The molecule has 6 nitrogen and oxygen atoms in total. The zero-order chi connectivity index (χ0) is 15.8. The Balaban J connectivity index is 0.00000264. The monoisotopic (exact) mass is 356 g/mol. The molecule has 0 aliphatic heterocycles. The van der Waals surface area contributed by atoms with Crippen molar-refractivity contribution in [3.05, 3.63) is 36.2 Å². The number of hydrogen-bond acceptors (Lipinski definition) is 7. The van der Waals surface area contributed by atoms with E-state index in [9.17, 15) is 0 Å². The Hall–Kier alpha value is -1.57. The van der Waals surface area contributed by atoms with E-state index in [0.717, 1.165) is 31.0 Å². The summed E-state index contributed by atoms with van der Waals surface area (Å²) in [6.45, 7) is 7.16. The Morgan fingerprint density at radius 3 is 2.57 bits per heavy atom. The normalized spacial score (nSPS) is 11.5. The Kier molecular flexibility index (Phi) is 8.68. The minimum absolute atomic E-state index is 0. The van der Waals surface area contributed by atoms with E-state index < -0.39 is 0 Å². The van der Waals surface area contributed by atoms with E-state index in [1.165, 1.54) is 11.8 Å². The lowest BCUT2D eigenvalue weighted by Gasteiger charge is -2.16. The number of rotatable bonds is 7. The average molecular weight is 357 g/mol. The zero-order valence-electron chi connectivity index (χ0n) is 13.2. The second-order valence-corrected chi connectivity index (χ2v) is 5.65. The van der Waals surface area contributed by atoms with E-state index in [4.69, 9.17) is 9.73 Å². The van der Waals surface area contributed by atoms with Crippen molar-refractivity contribution in [2.75, 3.05) is 25.4 Å². The Morgan fingerprint density at radius 2 is 1.96 bits per heavy atom. The number of hydrogen-bond donors (Lipinski definition) is 1. The molecule has 0 radical (unpaired) electrons. The lowest BCUT2D eigenvalue weighted by molar-refractivity contribution is 0.317. The van der Waals surface area contributed by atoms with Crippen LogP contribution >= 0.6 is 24.2 Å². The molecule has 23 heavy (non-hydrogen) atoms. The van der Waals surface area contributed by atoms with Crippen LogP contribution in [0.25, 0.3) is 11.4 Å². The topological polar surface area (TPSA) is 74.8 Å². The maximum Gasteiger partial charge on any atom is 0.286 e. The Morgan fingerprint density at radius 1 is 1.26 bits per heavy atom. The van der Waals surface area contributed by atoms with E-state index in [-0.39, 0.29) is 18.3 Å². The lowest BCUT2D eigenvalue weighted by atomic mass is 10.2. The molecular weight excluding hydrogens is 336 g/mol. The smallest absolute Gasteiger partial charge is 0.286 e. The van der Waals surface area contributed by atoms with Crippen molar-refractivity contribution in [1.29, 1.82) is 0 Å². The minimum atomic E-state index is 0. The van der Waals surface area contributed by atoms with Crippen molar-refractivity contribution in [2.24, 2.45) is 5.16 Å². The molecule has 0 fully saturated rings. The van der Waals surface area contributed by atoms with Gasteiger partial charge in [-0.1, -0.05) is 66.3 Å². The number of aromatic nitrogens is 2. The molecule has 1 N–H and O–H groups in total. The summed E-state index contributed by atoms with van der Waals surface area (Å²) < 4.78 is 5.20. The van der Waals surface area contributed by atoms with Gasteiger partial charge in [-0.25, -0.2) is 0 Å². The molecule has 0 aliphatic carbocycles. The number of nitrogens with zero attached hydrogens (tertiary/aromatic N) is 4. The molecule has 126 valence electrons. The van der Waals surface area contributed by atoms with Crippen molar-refractivity contribution in [3.63, 3.8) is 0 Å². The third-order valence-electron chi connectivity index (χ3n) is 3.27. The fourth-order valence-corrected chi connectivity index (χ4v) is 2.77. The summed E-state index contributed by atoms with van der Waals surface area (Å²) in [7, 11) is 0. The second-order valence-electron chi connectivity index (χ2n) is 4.57. The maximum atomic E-state index is 9.16. The van der Waals surface area contributed by atoms with Gasteiger partial charge in [-0.05, 0) is 13.1 Å². The first kappa shape index (κ1) is 19.5. The fraction of sp³-hybridized carbons (Fsp3) is 0.400. The molecule has 2 aromatic rings. The number of thioether (sulfide) groups is 1. The largest absolute Gasteiger partial charge is 0.410 e. The second kappa shape index (κ2) is 10.3. The Bertz CT molecular complexity index is 603. The van der Waals surface area contributed by atoms with Crippen LogP contribution in [-0.2, 0) is 0 Å². The Labute approximate surface area is 146 Å². The van der Waals surface area contributed by atoms with Crippen molar-refractivity contribution in [2.45, 2.75) is 13.8 Å². The van der Waals surface area contributed by atoms with Crippen LogP contribution in [0.15, 0.2) is 40.0 Å². The van der Waals surface area contributed by atoms with E-state index in [2.05, 4.69) is 34.0 Å². The molecular formula is C15H21ClN4O2S. The maximum absolute atomic E-state index is 9.16. The van der Waals surface area contributed by atoms with E-state index in [1.807, 2.05) is 30.3 Å². The molecule has 0 bridgehead atoms. The molecule has 0 saturated heterocycles. The van der Waals surface area contributed by atoms with Crippen LogP contribution in [0.1, 0.15) is 19.7 Å². The van der Waals surface area contributed by atoms with Crippen LogP contribution in [0, 0.1) is 0 Å². The van der Waals surface area contributed by atoms with Crippen molar-refractivity contribution < 1.29 is 9.73 Å². The fourth-order valence-electron chi connectivity index (χ4n) is 1.96. The highest BCUT2D eigenvalue weighted by molar-refractivity contribution is 8.14. The first-order chi connectivity index (χ1) is 10.8. The van der Waals surface area contributed by atoms with Gasteiger partial charge in [0.25, 0.3) is 5.89 Å². The third-order valence-corrected chi connectivity index (χ3v) is 4.19. The van der Waals surface area contributed by atoms with Crippen molar-refractivity contribution in [3.8, 4) is 11.4 Å². The van der Waals surface area contributed by atoms with Gasteiger partial charge in [0, 0.05) is 17.9 Å². The summed E-state index contributed by atoms with van der Waals surface area (Å²) in [6, 6.07) is 9.54. The van der Waals surface area contributed by atoms with Crippen molar-refractivity contribution >= 4 is 29.2 Å². The molecule has 1 aromatic heterocycles. The number of benzene rings is 1. The molecule has 0 aliphatic rings. The standard InChI is InChI=1S/C15H20N4O2S.ClH/c1-3-19(4-2)10-11-22-15(17-20)14-16-13(18-21-14)12-8-6-5-7-9-12;/h5-9,20H,3-4,10-11H2,1-2H3;1H/b17-15-;. The van der Waals surface area contributed by atoms with Crippen LogP contribution < -0.4 is 0 Å². The summed E-state index contributed by atoms with van der Waals surface area (Å²) in [5.74, 6) is 1.52. The van der Waals surface area contributed by atoms with Gasteiger partial charge in [-0.3, -0.25) is 0 Å². The van der Waals surface area contributed by atoms with Crippen LogP contribution in [0.3, 0.4) is 0 Å². The SMILES string of the molecule is CCN(CC)CCS/C(=N\O)c1nc(-c2ccccc2)no1.Cl. The molecule has 0 unspecified atom stereocenters.